The molecule has 0 aliphatic carbocycles. The molecule has 136 valence electrons. The highest BCUT2D eigenvalue weighted by molar-refractivity contribution is 5.78. The van der Waals surface area contributed by atoms with Crippen LogP contribution in [0, 0.1) is 0 Å². The van der Waals surface area contributed by atoms with Gasteiger partial charge in [0, 0.05) is 50.2 Å². The molecule has 0 radical (unpaired) electrons. The Kier molecular flexibility index (Phi) is 5.22. The summed E-state index contributed by atoms with van der Waals surface area (Å²) in [5.41, 5.74) is 2.07. The van der Waals surface area contributed by atoms with Crippen molar-refractivity contribution in [2.24, 2.45) is 0 Å². The summed E-state index contributed by atoms with van der Waals surface area (Å²) < 4.78 is 4.14. The molecule has 3 heterocycles. The predicted octanol–water partition coefficient (Wildman–Crippen LogP) is 1.74. The fourth-order valence-corrected chi connectivity index (χ4v) is 3.33. The number of aryl methyl sites for hydroxylation is 1. The third-order valence-electron chi connectivity index (χ3n) is 4.59. The van der Waals surface area contributed by atoms with E-state index in [0.717, 1.165) is 37.7 Å². The normalized spacial score (nSPS) is 17.7. The number of carbonyl (C=O) groups is 1. The average molecular weight is 344 g/mol. The molecule has 0 bridgehead atoms. The molecule has 25 heavy (non-hydrogen) atoms. The van der Waals surface area contributed by atoms with Gasteiger partial charge >= 0.3 is 0 Å². The van der Waals surface area contributed by atoms with Gasteiger partial charge in [-0.05, 0) is 27.7 Å². The van der Waals surface area contributed by atoms with E-state index in [1.54, 1.807) is 0 Å². The summed E-state index contributed by atoms with van der Waals surface area (Å²) in [5.74, 6) is 1.07. The summed E-state index contributed by atoms with van der Waals surface area (Å²) in [5, 5.41) is 7.28. The molecule has 2 aromatic rings. The highest BCUT2D eigenvalue weighted by atomic mass is 16.1. The lowest BCUT2D eigenvalue weighted by Crippen LogP contribution is -2.36. The van der Waals surface area contributed by atoms with Crippen molar-refractivity contribution in [1.29, 1.82) is 0 Å². The Bertz CT molecular complexity index is 732. The number of nitrogens with zero attached hydrogens (tertiary/aromatic N) is 5. The molecular formula is C18H28N6O. The Labute approximate surface area is 149 Å². The Morgan fingerprint density at radius 1 is 1.36 bits per heavy atom. The van der Waals surface area contributed by atoms with E-state index >= 15 is 0 Å². The Morgan fingerprint density at radius 3 is 2.84 bits per heavy atom. The molecule has 3 rings (SSSR count). The van der Waals surface area contributed by atoms with Crippen LogP contribution in [-0.2, 0) is 30.8 Å². The first-order valence-electron chi connectivity index (χ1n) is 9.07. The summed E-state index contributed by atoms with van der Waals surface area (Å²) in [6, 6.07) is 0.379. The van der Waals surface area contributed by atoms with Crippen LogP contribution in [0.25, 0.3) is 0 Å². The van der Waals surface area contributed by atoms with Crippen molar-refractivity contribution in [1.82, 2.24) is 29.5 Å². The molecule has 1 aliphatic heterocycles. The number of amides is 1. The van der Waals surface area contributed by atoms with Crippen LogP contribution < -0.4 is 5.32 Å². The number of nitrogens with one attached hydrogen (secondary N) is 1. The van der Waals surface area contributed by atoms with E-state index in [4.69, 9.17) is 4.98 Å². The van der Waals surface area contributed by atoms with E-state index in [9.17, 15) is 4.79 Å². The van der Waals surface area contributed by atoms with Crippen LogP contribution in [0.5, 0.6) is 0 Å². The third kappa shape index (κ3) is 4.10. The third-order valence-corrected chi connectivity index (χ3v) is 4.59. The lowest BCUT2D eigenvalue weighted by Gasteiger charge is -2.33. The molecule has 0 fully saturated rings. The first kappa shape index (κ1) is 17.7. The van der Waals surface area contributed by atoms with E-state index in [1.807, 2.05) is 30.9 Å². The van der Waals surface area contributed by atoms with Gasteiger partial charge in [0.25, 0.3) is 0 Å². The first-order chi connectivity index (χ1) is 12.0. The summed E-state index contributed by atoms with van der Waals surface area (Å²) >= 11 is 0. The van der Waals surface area contributed by atoms with Gasteiger partial charge in [0.1, 0.15) is 5.82 Å². The van der Waals surface area contributed by atoms with Crippen LogP contribution >= 0.6 is 0 Å². The summed E-state index contributed by atoms with van der Waals surface area (Å²) in [7, 11) is 0. The zero-order chi connectivity index (χ0) is 18.0. The maximum atomic E-state index is 12.0. The van der Waals surface area contributed by atoms with Crippen molar-refractivity contribution < 1.29 is 4.79 Å². The van der Waals surface area contributed by atoms with Crippen LogP contribution in [0.3, 0.4) is 0 Å². The lowest BCUT2D eigenvalue weighted by molar-refractivity contribution is -0.120. The number of fused-ring (bicyclic) bond motifs is 1. The zero-order valence-electron chi connectivity index (χ0n) is 15.6. The van der Waals surface area contributed by atoms with Gasteiger partial charge in [0.2, 0.25) is 5.91 Å². The smallest absolute Gasteiger partial charge is 0.226 e. The average Bonchev–Trinajstić information content (AvgIpc) is 3.16. The molecule has 0 saturated heterocycles. The van der Waals surface area contributed by atoms with Gasteiger partial charge in [-0.25, -0.2) is 4.98 Å². The molecule has 0 unspecified atom stereocenters. The molecule has 7 heteroatoms. The Morgan fingerprint density at radius 2 is 2.16 bits per heavy atom. The van der Waals surface area contributed by atoms with Gasteiger partial charge in [0.05, 0.1) is 24.4 Å². The second-order valence-corrected chi connectivity index (χ2v) is 7.03. The fourth-order valence-electron chi connectivity index (χ4n) is 3.33. The molecule has 0 aromatic carbocycles. The standard InChI is InChI=1S/C18H28N6O/c1-5-24-11-15(9-19-24)10-22-6-7-23-12-16(21-18(23)14(22)4)8-17(25)20-13(2)3/h9,11-14H,5-8,10H2,1-4H3,(H,20,25)/t14-/m1/s1. The van der Waals surface area contributed by atoms with Crippen molar-refractivity contribution in [3.63, 3.8) is 0 Å². The van der Waals surface area contributed by atoms with Gasteiger partial charge in [-0.15, -0.1) is 0 Å². The highest BCUT2D eigenvalue weighted by Crippen LogP contribution is 2.26. The second-order valence-electron chi connectivity index (χ2n) is 7.03. The van der Waals surface area contributed by atoms with Crippen molar-refractivity contribution in [2.45, 2.75) is 65.8 Å². The van der Waals surface area contributed by atoms with Gasteiger partial charge in [-0.1, -0.05) is 0 Å². The molecule has 0 spiro atoms. The summed E-state index contributed by atoms with van der Waals surface area (Å²) in [6.07, 6.45) is 6.42. The molecule has 2 aromatic heterocycles. The van der Waals surface area contributed by atoms with E-state index in [-0.39, 0.29) is 18.0 Å². The molecule has 7 nitrogen and oxygen atoms in total. The Balaban J connectivity index is 1.67. The minimum atomic E-state index is 0.0296. The van der Waals surface area contributed by atoms with Crippen LogP contribution in [0.4, 0.5) is 0 Å². The molecular weight excluding hydrogens is 316 g/mol. The number of aromatic nitrogens is 4. The fraction of sp³-hybridized carbons (Fsp3) is 0.611. The van der Waals surface area contributed by atoms with Crippen LogP contribution in [-0.4, -0.2) is 42.7 Å². The molecule has 1 aliphatic rings. The topological polar surface area (TPSA) is 68.0 Å². The van der Waals surface area contributed by atoms with Crippen LogP contribution in [0.15, 0.2) is 18.6 Å². The zero-order valence-corrected chi connectivity index (χ0v) is 15.6. The highest BCUT2D eigenvalue weighted by Gasteiger charge is 2.26. The monoisotopic (exact) mass is 344 g/mol. The minimum absolute atomic E-state index is 0.0296. The maximum Gasteiger partial charge on any atom is 0.226 e. The molecule has 1 N–H and O–H groups in total. The van der Waals surface area contributed by atoms with Crippen LogP contribution in [0.1, 0.15) is 50.8 Å². The van der Waals surface area contributed by atoms with Gasteiger partial charge < -0.3 is 9.88 Å². The second kappa shape index (κ2) is 7.39. The van der Waals surface area contributed by atoms with Gasteiger partial charge in [-0.2, -0.15) is 5.10 Å². The predicted molar refractivity (Wildman–Crippen MR) is 95.9 cm³/mol. The van der Waals surface area contributed by atoms with E-state index < -0.39 is 0 Å². The molecule has 0 saturated carbocycles. The van der Waals surface area contributed by atoms with Crippen molar-refractivity contribution in [3.8, 4) is 0 Å². The molecule has 1 amide bonds. The lowest BCUT2D eigenvalue weighted by atomic mass is 10.2. The van der Waals surface area contributed by atoms with Crippen LogP contribution in [0.2, 0.25) is 0 Å². The van der Waals surface area contributed by atoms with Gasteiger partial charge in [-0.3, -0.25) is 14.4 Å². The summed E-state index contributed by atoms with van der Waals surface area (Å²) in [6.45, 7) is 11.8. The first-order valence-corrected chi connectivity index (χ1v) is 9.07. The number of rotatable bonds is 6. The van der Waals surface area contributed by atoms with Gasteiger partial charge in [0.15, 0.2) is 0 Å². The van der Waals surface area contributed by atoms with E-state index in [2.05, 4.69) is 39.9 Å². The van der Waals surface area contributed by atoms with E-state index in [0.29, 0.717) is 6.42 Å². The maximum absolute atomic E-state index is 12.0. The van der Waals surface area contributed by atoms with E-state index in [1.165, 1.54) is 5.56 Å². The number of hydrogen-bond acceptors (Lipinski definition) is 4. The SMILES string of the molecule is CCn1cc(CN2CCn3cc(CC(=O)NC(C)C)nc3[C@H]2C)cn1. The van der Waals surface area contributed by atoms with Crippen molar-refractivity contribution in [2.75, 3.05) is 6.54 Å². The molecule has 1 atom stereocenters. The van der Waals surface area contributed by atoms with Crippen molar-refractivity contribution in [3.05, 3.63) is 35.7 Å². The largest absolute Gasteiger partial charge is 0.354 e. The number of carbonyl (C=O) groups excluding carboxylic acids is 1. The summed E-state index contributed by atoms with van der Waals surface area (Å²) in [4.78, 5) is 19.1. The number of imidazole rings is 1. The quantitative estimate of drug-likeness (QED) is 0.867. The number of hydrogen-bond donors (Lipinski definition) is 1. The Hall–Kier alpha value is -2.15. The van der Waals surface area contributed by atoms with Crippen molar-refractivity contribution >= 4 is 5.91 Å². The minimum Gasteiger partial charge on any atom is -0.354 e.